The van der Waals surface area contributed by atoms with Crippen LogP contribution in [-0.4, -0.2) is 30.7 Å². The molecule has 0 spiro atoms. The van der Waals surface area contributed by atoms with E-state index in [0.717, 1.165) is 0 Å². The number of rotatable bonds is 12. The average Bonchev–Trinajstić information content (AvgIpc) is 2.73. The van der Waals surface area contributed by atoms with Crippen LogP contribution in [-0.2, 0) is 31.0 Å². The van der Waals surface area contributed by atoms with Gasteiger partial charge in [0, 0.05) is 17.1 Å². The molecule has 0 bridgehead atoms. The van der Waals surface area contributed by atoms with E-state index in [0.29, 0.717) is 0 Å². The summed E-state index contributed by atoms with van der Waals surface area (Å²) >= 11 is 0. The number of hydrogen-bond acceptors (Lipinski definition) is 1. The minimum absolute atomic E-state index is 0. The van der Waals surface area contributed by atoms with Gasteiger partial charge in [-0.05, 0) is 25.7 Å². The molecule has 0 unspecified atom stereocenters. The van der Waals surface area contributed by atoms with E-state index in [2.05, 4.69) is 47.6 Å². The molecule has 0 saturated carbocycles. The number of unbranched alkanes of at least 4 members (excludes halogenated alkanes) is 4. The fourth-order valence-corrected chi connectivity index (χ4v) is 2.64. The molecule has 26 heavy (non-hydrogen) atoms. The van der Waals surface area contributed by atoms with Crippen LogP contribution in [0.15, 0.2) is 0 Å². The average molecular weight is 412 g/mol. The quantitative estimate of drug-likeness (QED) is 0.187. The second-order valence-corrected chi connectivity index (χ2v) is 5.65. The molecule has 154 valence electrons. The molecule has 0 radical (unpaired) electrons. The SMILES string of the molecule is CCCC[N+](CCCC)(CCCC)CCCC.[C-]#[O+].[C-]#[O+].[C-]#[O+].[Fe].[N-]=O. The predicted molar refractivity (Wildman–Crippen MR) is 97.9 cm³/mol. The van der Waals surface area contributed by atoms with E-state index >= 15 is 0 Å². The standard InChI is InChI=1S/C16H36N.3CO.Fe.NO/c1-5-9-13-17(14-10-6-2,15-11-7-3)16-12-8-4;3*1-2;;1-2/h5-16H2,1-4H3;;;;;/q+1;;;;;-1. The fraction of sp³-hybridized carbons (Fsp3) is 0.842. The zero-order valence-corrected chi connectivity index (χ0v) is 18.0. The van der Waals surface area contributed by atoms with Gasteiger partial charge in [-0.25, -0.2) is 0 Å². The molecule has 0 amide bonds. The van der Waals surface area contributed by atoms with E-state index in [4.69, 9.17) is 24.5 Å². The first-order valence-corrected chi connectivity index (χ1v) is 8.89. The third-order valence-electron chi connectivity index (χ3n) is 3.94. The predicted octanol–water partition coefficient (Wildman–Crippen LogP) is 5.21. The molecular formula is C19H36FeN2O4. The summed E-state index contributed by atoms with van der Waals surface area (Å²) in [4.78, 5) is 7.25. The molecule has 0 saturated heterocycles. The Balaban J connectivity index is -0.0000000972. The first kappa shape index (κ1) is 40.1. The first-order valence-electron chi connectivity index (χ1n) is 8.89. The van der Waals surface area contributed by atoms with Crippen LogP contribution in [0.5, 0.6) is 0 Å². The van der Waals surface area contributed by atoms with E-state index in [-0.39, 0.29) is 17.1 Å². The molecule has 6 nitrogen and oxygen atoms in total. The first-order chi connectivity index (χ1) is 12.2. The normalized spacial score (nSPS) is 8.23. The van der Waals surface area contributed by atoms with Gasteiger partial charge in [0.1, 0.15) is 0 Å². The van der Waals surface area contributed by atoms with Gasteiger partial charge in [0.2, 0.25) is 0 Å². The summed E-state index contributed by atoms with van der Waals surface area (Å²) < 4.78 is 23.9. The van der Waals surface area contributed by atoms with Gasteiger partial charge in [-0.3, -0.25) is 0 Å². The van der Waals surface area contributed by atoms with E-state index in [1.54, 1.807) is 0 Å². The minimum atomic E-state index is 0. The Morgan fingerprint density at radius 3 is 0.846 bits per heavy atom. The number of hydrogen-bond donors (Lipinski definition) is 0. The Kier molecular flexibility index (Phi) is 68.0. The molecule has 0 aliphatic heterocycles. The van der Waals surface area contributed by atoms with Crippen molar-refractivity contribution < 1.29 is 35.5 Å². The summed E-state index contributed by atoms with van der Waals surface area (Å²) in [5, 5.41) is 0. The smallest absolute Gasteiger partial charge is 0 e. The number of nitroso groups, excluding NO2 is 1. The van der Waals surface area contributed by atoms with Crippen molar-refractivity contribution in [3.63, 3.8) is 0 Å². The Morgan fingerprint density at radius 2 is 0.731 bits per heavy atom. The van der Waals surface area contributed by atoms with Crippen LogP contribution in [0.4, 0.5) is 0 Å². The summed E-state index contributed by atoms with van der Waals surface area (Å²) in [6.07, 6.45) is 11.1. The Morgan fingerprint density at radius 1 is 0.577 bits per heavy atom. The van der Waals surface area contributed by atoms with Crippen molar-refractivity contribution in [3.05, 3.63) is 30.5 Å². The monoisotopic (exact) mass is 412 g/mol. The van der Waals surface area contributed by atoms with Crippen molar-refractivity contribution >= 4 is 0 Å². The molecule has 0 fully saturated rings. The zero-order chi connectivity index (χ0) is 21.0. The molecular weight excluding hydrogens is 376 g/mol. The van der Waals surface area contributed by atoms with Gasteiger partial charge in [0.15, 0.2) is 0 Å². The maximum Gasteiger partial charge on any atom is 0 e. The molecule has 0 atom stereocenters. The van der Waals surface area contributed by atoms with Crippen LogP contribution in [0.2, 0.25) is 0 Å². The Bertz CT molecular complexity index is 233. The molecule has 0 N–H and O–H groups in total. The van der Waals surface area contributed by atoms with Crippen LogP contribution >= 0.6 is 0 Å². The number of quaternary nitrogens is 1. The van der Waals surface area contributed by atoms with Crippen molar-refractivity contribution in [3.8, 4) is 0 Å². The molecule has 0 aliphatic carbocycles. The van der Waals surface area contributed by atoms with E-state index < -0.39 is 0 Å². The summed E-state index contributed by atoms with van der Waals surface area (Å²) in [7, 11) is 0. The van der Waals surface area contributed by atoms with Crippen molar-refractivity contribution in [2.45, 2.75) is 79.1 Å². The minimum Gasteiger partial charge on any atom is -0.577 e. The van der Waals surface area contributed by atoms with Crippen LogP contribution < -0.4 is 0 Å². The van der Waals surface area contributed by atoms with Gasteiger partial charge >= 0.3 is 33.9 Å². The second-order valence-electron chi connectivity index (χ2n) is 5.65. The molecule has 7 heteroatoms. The second kappa shape index (κ2) is 44.1. The van der Waals surface area contributed by atoms with Gasteiger partial charge in [0.05, 0.1) is 26.2 Å². The summed E-state index contributed by atoms with van der Waals surface area (Å²) in [5.74, 6) is 0. The zero-order valence-electron chi connectivity index (χ0n) is 16.9. The van der Waals surface area contributed by atoms with E-state index in [1.165, 1.54) is 82.0 Å². The van der Waals surface area contributed by atoms with Crippen molar-refractivity contribution in [1.82, 2.24) is 0 Å². The maximum absolute atomic E-state index is 7.50. The fourth-order valence-electron chi connectivity index (χ4n) is 2.64. The molecule has 0 aromatic carbocycles. The van der Waals surface area contributed by atoms with E-state index in [1.807, 2.05) is 0 Å². The van der Waals surface area contributed by atoms with Gasteiger partial charge in [-0.1, -0.05) is 53.4 Å². The summed E-state index contributed by atoms with van der Waals surface area (Å²) in [6.45, 7) is 28.5. The van der Waals surface area contributed by atoms with Gasteiger partial charge in [0.25, 0.3) is 0 Å². The molecule has 0 aliphatic rings. The van der Waals surface area contributed by atoms with Crippen LogP contribution in [0.3, 0.4) is 0 Å². The van der Waals surface area contributed by atoms with Gasteiger partial charge < -0.3 is 15.0 Å². The van der Waals surface area contributed by atoms with Crippen molar-refractivity contribution in [1.29, 1.82) is 0 Å². The van der Waals surface area contributed by atoms with Crippen LogP contribution in [0.25, 0.3) is 5.59 Å². The molecule has 0 rings (SSSR count). The summed E-state index contributed by atoms with van der Waals surface area (Å²) in [6, 6.07) is 0. The Hall–Kier alpha value is -0.701. The maximum atomic E-state index is 7.50. The third kappa shape index (κ3) is 31.1. The topological polar surface area (TPSA) is 99.1 Å². The largest absolute Gasteiger partial charge is 0.577 e. The third-order valence-corrected chi connectivity index (χ3v) is 3.94. The summed E-state index contributed by atoms with van der Waals surface area (Å²) in [5.41, 5.74) is 5.75. The van der Waals surface area contributed by atoms with Gasteiger partial charge in [-0.15, -0.1) is 0 Å². The molecule has 0 aromatic rings. The van der Waals surface area contributed by atoms with Gasteiger partial charge in [-0.2, -0.15) is 0 Å². The molecule has 0 aromatic heterocycles. The molecule has 0 heterocycles. The van der Waals surface area contributed by atoms with Crippen molar-refractivity contribution in [2.75, 3.05) is 26.2 Å². The van der Waals surface area contributed by atoms with Crippen molar-refractivity contribution in [2.24, 2.45) is 0 Å². The van der Waals surface area contributed by atoms with Crippen LogP contribution in [0, 0.1) is 24.9 Å². The van der Waals surface area contributed by atoms with Crippen LogP contribution in [0.1, 0.15) is 79.1 Å². The van der Waals surface area contributed by atoms with E-state index in [9.17, 15) is 0 Å². The number of nitrogens with zero attached hydrogens (tertiary/aromatic N) is 2. The Labute approximate surface area is 171 Å².